The molecule has 0 aliphatic carbocycles. The van der Waals surface area contributed by atoms with E-state index in [2.05, 4.69) is 42.8 Å². The lowest BCUT2D eigenvalue weighted by atomic mass is 9.77. The number of pyridine rings is 1. The highest BCUT2D eigenvalue weighted by Gasteiger charge is 2.44. The van der Waals surface area contributed by atoms with Gasteiger partial charge in [-0.3, -0.25) is 9.88 Å². The van der Waals surface area contributed by atoms with Gasteiger partial charge in [-0.05, 0) is 50.4 Å². The molecule has 0 aromatic carbocycles. The Morgan fingerprint density at radius 1 is 1.33 bits per heavy atom. The van der Waals surface area contributed by atoms with Crippen LogP contribution < -0.4 is 5.73 Å². The predicted octanol–water partition coefficient (Wildman–Crippen LogP) is 2.58. The van der Waals surface area contributed by atoms with Crippen molar-refractivity contribution in [3.8, 4) is 0 Å². The molecule has 2 rings (SSSR count). The van der Waals surface area contributed by atoms with Crippen LogP contribution in [0.15, 0.2) is 24.5 Å². The Balaban J connectivity index is 2.20. The normalized spacial score (nSPS) is 29.8. The molecular formula is C17H29N3O. The molecule has 1 aromatic rings. The molecule has 2 unspecified atom stereocenters. The Morgan fingerprint density at radius 2 is 2.05 bits per heavy atom. The molecule has 1 aliphatic rings. The summed E-state index contributed by atoms with van der Waals surface area (Å²) in [6, 6.07) is 4.18. The van der Waals surface area contributed by atoms with E-state index < -0.39 is 0 Å². The number of ether oxygens (including phenoxy) is 1. The Morgan fingerprint density at radius 3 is 2.62 bits per heavy atom. The second-order valence-electron chi connectivity index (χ2n) is 6.38. The molecule has 4 heteroatoms. The Kier molecular flexibility index (Phi) is 5.36. The van der Waals surface area contributed by atoms with Gasteiger partial charge in [-0.15, -0.1) is 0 Å². The molecule has 1 fully saturated rings. The van der Waals surface area contributed by atoms with E-state index >= 15 is 0 Å². The van der Waals surface area contributed by atoms with E-state index in [9.17, 15) is 0 Å². The summed E-state index contributed by atoms with van der Waals surface area (Å²) in [5, 5.41) is 0. The van der Waals surface area contributed by atoms with Crippen molar-refractivity contribution in [3.05, 3.63) is 30.1 Å². The molecule has 2 heterocycles. The van der Waals surface area contributed by atoms with Crippen LogP contribution in [0.5, 0.6) is 0 Å². The SMILES string of the molecule is CCN(Cc1ccncc1)C1(CN)CCOC(C)(CC)C1. The number of hydrogen-bond acceptors (Lipinski definition) is 4. The number of aromatic nitrogens is 1. The van der Waals surface area contributed by atoms with E-state index in [0.717, 1.165) is 39.0 Å². The van der Waals surface area contributed by atoms with Crippen molar-refractivity contribution in [3.63, 3.8) is 0 Å². The topological polar surface area (TPSA) is 51.4 Å². The van der Waals surface area contributed by atoms with Gasteiger partial charge in [0, 0.05) is 37.6 Å². The standard InChI is InChI=1S/C17H29N3O/c1-4-16(3)13-17(14-18,8-11-21-16)20(5-2)12-15-6-9-19-10-7-15/h6-7,9-10H,4-5,8,11-14,18H2,1-3H3. The molecule has 1 saturated heterocycles. The molecule has 0 spiro atoms. The number of rotatable bonds is 6. The molecular weight excluding hydrogens is 262 g/mol. The molecule has 0 radical (unpaired) electrons. The summed E-state index contributed by atoms with van der Waals surface area (Å²) in [7, 11) is 0. The van der Waals surface area contributed by atoms with Gasteiger partial charge >= 0.3 is 0 Å². The zero-order valence-electron chi connectivity index (χ0n) is 13.6. The Bertz CT molecular complexity index is 439. The van der Waals surface area contributed by atoms with Crippen molar-refractivity contribution >= 4 is 0 Å². The molecule has 0 amide bonds. The van der Waals surface area contributed by atoms with E-state index in [0.29, 0.717) is 6.54 Å². The van der Waals surface area contributed by atoms with Crippen molar-refractivity contribution in [2.45, 2.75) is 57.7 Å². The van der Waals surface area contributed by atoms with Gasteiger partial charge < -0.3 is 10.5 Å². The fourth-order valence-corrected chi connectivity index (χ4v) is 3.45. The van der Waals surface area contributed by atoms with Crippen molar-refractivity contribution < 1.29 is 4.74 Å². The van der Waals surface area contributed by atoms with Gasteiger partial charge in [0.1, 0.15) is 0 Å². The van der Waals surface area contributed by atoms with Crippen LogP contribution in [0.2, 0.25) is 0 Å². The predicted molar refractivity (Wildman–Crippen MR) is 86.0 cm³/mol. The van der Waals surface area contributed by atoms with Gasteiger partial charge in [-0.25, -0.2) is 0 Å². The summed E-state index contributed by atoms with van der Waals surface area (Å²) in [4.78, 5) is 6.63. The maximum Gasteiger partial charge on any atom is 0.0670 e. The highest BCUT2D eigenvalue weighted by molar-refractivity contribution is 5.11. The maximum atomic E-state index is 6.23. The molecule has 0 bridgehead atoms. The quantitative estimate of drug-likeness (QED) is 0.875. The first-order chi connectivity index (χ1) is 10.1. The van der Waals surface area contributed by atoms with Crippen LogP contribution in [0.25, 0.3) is 0 Å². The van der Waals surface area contributed by atoms with Crippen LogP contribution in [-0.4, -0.2) is 40.7 Å². The Hall–Kier alpha value is -0.970. The van der Waals surface area contributed by atoms with Crippen molar-refractivity contribution in [2.24, 2.45) is 5.73 Å². The van der Waals surface area contributed by atoms with Gasteiger partial charge in [0.05, 0.1) is 5.60 Å². The largest absolute Gasteiger partial charge is 0.375 e. The first-order valence-electron chi connectivity index (χ1n) is 8.05. The molecule has 0 saturated carbocycles. The van der Waals surface area contributed by atoms with Gasteiger partial charge in [0.15, 0.2) is 0 Å². The molecule has 2 N–H and O–H groups in total. The van der Waals surface area contributed by atoms with Crippen LogP contribution >= 0.6 is 0 Å². The van der Waals surface area contributed by atoms with E-state index in [4.69, 9.17) is 10.5 Å². The first kappa shape index (κ1) is 16.4. The molecule has 21 heavy (non-hydrogen) atoms. The van der Waals surface area contributed by atoms with Crippen LogP contribution in [0.4, 0.5) is 0 Å². The highest BCUT2D eigenvalue weighted by atomic mass is 16.5. The summed E-state index contributed by atoms with van der Waals surface area (Å²) in [6.07, 6.45) is 6.77. The highest BCUT2D eigenvalue weighted by Crippen LogP contribution is 2.38. The van der Waals surface area contributed by atoms with E-state index in [1.165, 1.54) is 5.56 Å². The lowest BCUT2D eigenvalue weighted by molar-refractivity contribution is -0.130. The minimum atomic E-state index is -0.0523. The van der Waals surface area contributed by atoms with Crippen molar-refractivity contribution in [2.75, 3.05) is 19.7 Å². The summed E-state index contributed by atoms with van der Waals surface area (Å²) < 4.78 is 6.02. The van der Waals surface area contributed by atoms with Crippen LogP contribution in [0.1, 0.15) is 45.6 Å². The van der Waals surface area contributed by atoms with E-state index in [-0.39, 0.29) is 11.1 Å². The number of hydrogen-bond donors (Lipinski definition) is 1. The average molecular weight is 291 g/mol. The smallest absolute Gasteiger partial charge is 0.0670 e. The minimum Gasteiger partial charge on any atom is -0.375 e. The van der Waals surface area contributed by atoms with E-state index in [1.54, 1.807) is 0 Å². The summed E-state index contributed by atoms with van der Waals surface area (Å²) in [5.41, 5.74) is 7.52. The lowest BCUT2D eigenvalue weighted by Crippen LogP contribution is -2.60. The van der Waals surface area contributed by atoms with Gasteiger partial charge in [0.25, 0.3) is 0 Å². The van der Waals surface area contributed by atoms with Crippen molar-refractivity contribution in [1.82, 2.24) is 9.88 Å². The maximum absolute atomic E-state index is 6.23. The van der Waals surface area contributed by atoms with Crippen molar-refractivity contribution in [1.29, 1.82) is 0 Å². The average Bonchev–Trinajstić information content (AvgIpc) is 2.53. The van der Waals surface area contributed by atoms with Gasteiger partial charge in [0.2, 0.25) is 0 Å². The molecule has 1 aromatic heterocycles. The minimum absolute atomic E-state index is 0.0427. The third kappa shape index (κ3) is 3.62. The van der Waals surface area contributed by atoms with Crippen LogP contribution in [-0.2, 0) is 11.3 Å². The monoisotopic (exact) mass is 291 g/mol. The fourth-order valence-electron chi connectivity index (χ4n) is 3.45. The number of nitrogens with two attached hydrogens (primary N) is 1. The van der Waals surface area contributed by atoms with Gasteiger partial charge in [-0.1, -0.05) is 13.8 Å². The zero-order valence-corrected chi connectivity index (χ0v) is 13.6. The second kappa shape index (κ2) is 6.86. The first-order valence-corrected chi connectivity index (χ1v) is 8.05. The molecule has 118 valence electrons. The molecule has 4 nitrogen and oxygen atoms in total. The molecule has 2 atom stereocenters. The third-order valence-corrected chi connectivity index (χ3v) is 5.02. The van der Waals surface area contributed by atoms with Crippen LogP contribution in [0, 0.1) is 0 Å². The molecule has 1 aliphatic heterocycles. The summed E-state index contributed by atoms with van der Waals surface area (Å²) >= 11 is 0. The Labute approximate surface area is 128 Å². The van der Waals surface area contributed by atoms with Gasteiger partial charge in [-0.2, -0.15) is 0 Å². The van der Waals surface area contributed by atoms with Crippen LogP contribution in [0.3, 0.4) is 0 Å². The lowest BCUT2D eigenvalue weighted by Gasteiger charge is -2.51. The zero-order chi connectivity index (χ0) is 15.3. The number of nitrogens with zero attached hydrogens (tertiary/aromatic N) is 2. The second-order valence-corrected chi connectivity index (χ2v) is 6.38. The fraction of sp³-hybridized carbons (Fsp3) is 0.706. The number of likely N-dealkylation sites (N-methyl/N-ethyl adjacent to an activating group) is 1. The van der Waals surface area contributed by atoms with E-state index in [1.807, 2.05) is 12.4 Å². The summed E-state index contributed by atoms with van der Waals surface area (Å²) in [5.74, 6) is 0. The summed E-state index contributed by atoms with van der Waals surface area (Å²) in [6.45, 7) is 10.1. The third-order valence-electron chi connectivity index (χ3n) is 5.02.